The molecule has 1 saturated heterocycles. The third-order valence-electron chi connectivity index (χ3n) is 7.27. The van der Waals surface area contributed by atoms with Gasteiger partial charge in [0, 0.05) is 43.3 Å². The highest BCUT2D eigenvalue weighted by Crippen LogP contribution is 2.37. The number of aromatic nitrogens is 1. The Hall–Kier alpha value is -3.15. The molecule has 1 aliphatic carbocycles. The third kappa shape index (κ3) is 6.42. The van der Waals surface area contributed by atoms with Gasteiger partial charge in [-0.1, -0.05) is 11.6 Å². The molecule has 12 heteroatoms. The van der Waals surface area contributed by atoms with E-state index in [0.29, 0.717) is 38.0 Å². The number of nitrogens with zero attached hydrogens (tertiary/aromatic N) is 2. The molecule has 1 unspecified atom stereocenters. The van der Waals surface area contributed by atoms with Crippen LogP contribution < -0.4 is 15.5 Å². The summed E-state index contributed by atoms with van der Waals surface area (Å²) in [5.41, 5.74) is -0.860. The highest BCUT2D eigenvalue weighted by molar-refractivity contribution is 6.31. The van der Waals surface area contributed by atoms with Gasteiger partial charge in [-0.05, 0) is 62.1 Å². The smallest absolute Gasteiger partial charge is 0.416 e. The molecular weight excluding hydrogens is 554 g/mol. The molecule has 1 aromatic heterocycles. The summed E-state index contributed by atoms with van der Waals surface area (Å²) in [6.45, 7) is 1.38. The largest absolute Gasteiger partial charge is 0.491 e. The van der Waals surface area contributed by atoms with E-state index in [1.165, 1.54) is 24.4 Å². The van der Waals surface area contributed by atoms with E-state index >= 15 is 0 Å². The summed E-state index contributed by atoms with van der Waals surface area (Å²) >= 11 is 5.95. The average Bonchev–Trinajstić information content (AvgIpc) is 3.75. The van der Waals surface area contributed by atoms with Crippen molar-refractivity contribution in [2.45, 2.75) is 50.0 Å². The summed E-state index contributed by atoms with van der Waals surface area (Å²) in [7, 11) is 0. The molecule has 1 aliphatic heterocycles. The number of aliphatic hydroxyl groups is 1. The van der Waals surface area contributed by atoms with Crippen LogP contribution in [0.3, 0.4) is 0 Å². The molecule has 2 N–H and O–H groups in total. The number of carbonyl (C=O) groups excluding carboxylic acids is 1. The van der Waals surface area contributed by atoms with Crippen LogP contribution in [0.2, 0.25) is 5.02 Å². The zero-order valence-corrected chi connectivity index (χ0v) is 22.1. The number of piperidine rings is 1. The number of amides is 1. The minimum absolute atomic E-state index is 0.0422. The Morgan fingerprint density at radius 2 is 1.80 bits per heavy atom. The van der Waals surface area contributed by atoms with E-state index in [4.69, 9.17) is 16.3 Å². The van der Waals surface area contributed by atoms with E-state index < -0.39 is 35.0 Å². The maximum absolute atomic E-state index is 14.1. The number of hydrogen-bond donors (Lipinski definition) is 2. The van der Waals surface area contributed by atoms with Gasteiger partial charge in [0.2, 0.25) is 5.43 Å². The Balaban J connectivity index is 1.14. The molecule has 40 heavy (non-hydrogen) atoms. The Morgan fingerprint density at radius 1 is 1.12 bits per heavy atom. The van der Waals surface area contributed by atoms with Gasteiger partial charge in [0.25, 0.3) is 5.91 Å². The van der Waals surface area contributed by atoms with Crippen molar-refractivity contribution in [2.24, 2.45) is 0 Å². The highest BCUT2D eigenvalue weighted by atomic mass is 35.5. The fraction of sp³-hybridized carbons (Fsp3) is 0.429. The van der Waals surface area contributed by atoms with Crippen LogP contribution in [0.5, 0.6) is 5.75 Å². The molecule has 1 atom stereocenters. The first-order chi connectivity index (χ1) is 19.0. The van der Waals surface area contributed by atoms with Crippen LogP contribution in [0.25, 0.3) is 10.9 Å². The molecule has 214 valence electrons. The van der Waals surface area contributed by atoms with Crippen molar-refractivity contribution in [3.8, 4) is 5.75 Å². The summed E-state index contributed by atoms with van der Waals surface area (Å²) in [4.78, 5) is 28.2. The standard InChI is InChI=1S/C28H28ClF4N3O4/c29-23-12-25-21(11-24(23)30)26(38)22(14-36(25)18-3-4-18)27(39)34-17-7-9-35(10-8-17)13-19(37)15-40-20-5-1-16(2-6-20)28(31,32)33/h1-2,5-6,11-12,14,17-19,37H,3-4,7-10,13,15H2,(H,34,39). The molecular formula is C28H28ClF4N3O4. The Bertz CT molecular complexity index is 1450. The minimum Gasteiger partial charge on any atom is -0.491 e. The molecule has 7 nitrogen and oxygen atoms in total. The number of benzene rings is 2. The number of pyridine rings is 1. The Labute approximate surface area is 232 Å². The Kier molecular flexibility index (Phi) is 8.08. The number of aliphatic hydroxyl groups excluding tert-OH is 1. The second-order valence-electron chi connectivity index (χ2n) is 10.3. The lowest BCUT2D eigenvalue weighted by Gasteiger charge is -2.33. The normalized spacial score (nSPS) is 17.6. The van der Waals surface area contributed by atoms with E-state index in [2.05, 4.69) is 5.32 Å². The van der Waals surface area contributed by atoms with Crippen molar-refractivity contribution in [1.82, 2.24) is 14.8 Å². The van der Waals surface area contributed by atoms with Crippen molar-refractivity contribution in [3.63, 3.8) is 0 Å². The van der Waals surface area contributed by atoms with Crippen LogP contribution in [0, 0.1) is 5.82 Å². The number of nitrogens with one attached hydrogen (secondary N) is 1. The van der Waals surface area contributed by atoms with Crippen LogP contribution in [0.4, 0.5) is 17.6 Å². The van der Waals surface area contributed by atoms with Gasteiger partial charge in [-0.2, -0.15) is 13.2 Å². The van der Waals surface area contributed by atoms with E-state index in [1.807, 2.05) is 9.47 Å². The minimum atomic E-state index is -4.43. The second-order valence-corrected chi connectivity index (χ2v) is 10.7. The molecule has 1 amide bonds. The van der Waals surface area contributed by atoms with Crippen molar-refractivity contribution >= 4 is 28.4 Å². The predicted octanol–water partition coefficient (Wildman–Crippen LogP) is 4.78. The number of ether oxygens (including phenoxy) is 1. The lowest BCUT2D eigenvalue weighted by Crippen LogP contribution is -2.47. The number of β-amino-alcohol motifs (C(OH)–C–C–N with tert-alkyl or cyclic N) is 1. The molecule has 0 radical (unpaired) electrons. The van der Waals surface area contributed by atoms with Gasteiger partial charge < -0.3 is 24.6 Å². The molecule has 3 aromatic rings. The van der Waals surface area contributed by atoms with E-state index in [9.17, 15) is 32.3 Å². The summed E-state index contributed by atoms with van der Waals surface area (Å²) in [6.07, 6.45) is -0.779. The lowest BCUT2D eigenvalue weighted by molar-refractivity contribution is -0.137. The fourth-order valence-corrected chi connectivity index (χ4v) is 5.12. The van der Waals surface area contributed by atoms with E-state index in [0.717, 1.165) is 31.0 Å². The number of alkyl halides is 3. The van der Waals surface area contributed by atoms with Crippen molar-refractivity contribution in [1.29, 1.82) is 0 Å². The van der Waals surface area contributed by atoms with Crippen LogP contribution >= 0.6 is 11.6 Å². The van der Waals surface area contributed by atoms with Gasteiger partial charge in [0.05, 0.1) is 16.1 Å². The molecule has 2 heterocycles. The predicted molar refractivity (Wildman–Crippen MR) is 141 cm³/mol. The Morgan fingerprint density at radius 3 is 2.42 bits per heavy atom. The number of fused-ring (bicyclic) bond motifs is 1. The molecule has 5 rings (SSSR count). The van der Waals surface area contributed by atoms with Crippen LogP contribution in [-0.4, -0.2) is 58.9 Å². The fourth-order valence-electron chi connectivity index (χ4n) is 4.97. The first-order valence-electron chi connectivity index (χ1n) is 13.0. The van der Waals surface area contributed by atoms with Crippen LogP contribution in [-0.2, 0) is 6.18 Å². The highest BCUT2D eigenvalue weighted by Gasteiger charge is 2.31. The van der Waals surface area contributed by atoms with E-state index in [1.54, 1.807) is 0 Å². The topological polar surface area (TPSA) is 83.8 Å². The van der Waals surface area contributed by atoms with Gasteiger partial charge in [0.1, 0.15) is 29.8 Å². The summed E-state index contributed by atoms with van der Waals surface area (Å²) in [5, 5.41) is 13.3. The summed E-state index contributed by atoms with van der Waals surface area (Å²) in [5.74, 6) is -1.00. The number of likely N-dealkylation sites (tertiary alicyclic amines) is 1. The lowest BCUT2D eigenvalue weighted by atomic mass is 10.0. The molecule has 0 bridgehead atoms. The van der Waals surface area contributed by atoms with Gasteiger partial charge in [0.15, 0.2) is 0 Å². The SMILES string of the molecule is O=C(NC1CCN(CC(O)COc2ccc(C(F)(F)F)cc2)CC1)c1cn(C2CC2)c2cc(Cl)c(F)cc2c1=O. The first-order valence-corrected chi connectivity index (χ1v) is 13.4. The molecule has 2 aliphatic rings. The first kappa shape index (κ1) is 28.4. The van der Waals surface area contributed by atoms with Gasteiger partial charge in [-0.25, -0.2) is 4.39 Å². The van der Waals surface area contributed by atoms with Crippen LogP contribution in [0.1, 0.15) is 47.6 Å². The maximum atomic E-state index is 14.1. The molecule has 2 aromatic carbocycles. The second kappa shape index (κ2) is 11.4. The van der Waals surface area contributed by atoms with Crippen molar-refractivity contribution < 1.29 is 32.2 Å². The third-order valence-corrected chi connectivity index (χ3v) is 7.56. The quantitative estimate of drug-likeness (QED) is 0.374. The zero-order valence-electron chi connectivity index (χ0n) is 21.4. The summed E-state index contributed by atoms with van der Waals surface area (Å²) < 4.78 is 59.5. The number of carbonyl (C=O) groups is 1. The van der Waals surface area contributed by atoms with Crippen LogP contribution in [0.15, 0.2) is 47.4 Å². The molecule has 1 saturated carbocycles. The van der Waals surface area contributed by atoms with Gasteiger partial charge in [-0.3, -0.25) is 9.59 Å². The van der Waals surface area contributed by atoms with Gasteiger partial charge in [-0.15, -0.1) is 0 Å². The van der Waals surface area contributed by atoms with Crippen molar-refractivity contribution in [3.05, 3.63) is 74.8 Å². The van der Waals surface area contributed by atoms with Gasteiger partial charge >= 0.3 is 6.18 Å². The van der Waals surface area contributed by atoms with Crippen molar-refractivity contribution in [2.75, 3.05) is 26.2 Å². The summed E-state index contributed by atoms with van der Waals surface area (Å²) in [6, 6.07) is 6.73. The number of hydrogen-bond acceptors (Lipinski definition) is 5. The van der Waals surface area contributed by atoms with E-state index in [-0.39, 0.29) is 40.4 Å². The zero-order chi connectivity index (χ0) is 28.6. The molecule has 2 fully saturated rings. The monoisotopic (exact) mass is 581 g/mol. The molecule has 0 spiro atoms. The number of rotatable bonds is 8. The maximum Gasteiger partial charge on any atom is 0.416 e. The number of halogens is 5. The average molecular weight is 582 g/mol.